The molecule has 0 radical (unpaired) electrons. The summed E-state index contributed by atoms with van der Waals surface area (Å²) in [6.45, 7) is 6.95. The van der Waals surface area contributed by atoms with E-state index in [1.165, 1.54) is 11.1 Å². The van der Waals surface area contributed by atoms with Gasteiger partial charge < -0.3 is 4.74 Å². The van der Waals surface area contributed by atoms with E-state index in [1.54, 1.807) is 0 Å². The van der Waals surface area contributed by atoms with Crippen LogP contribution in [0.2, 0.25) is 0 Å². The van der Waals surface area contributed by atoms with Crippen molar-refractivity contribution < 1.29 is 4.74 Å². The van der Waals surface area contributed by atoms with Crippen LogP contribution < -0.4 is 9.80 Å². The molecule has 0 bridgehead atoms. The molecule has 1 aromatic heterocycles. The van der Waals surface area contributed by atoms with Gasteiger partial charge in [0.15, 0.2) is 11.6 Å². The minimum absolute atomic E-state index is 0.369. The molecule has 1 aliphatic heterocycles. The molecule has 2 heterocycles. The lowest BCUT2D eigenvalue weighted by Crippen LogP contribution is -2.41. The average molecular weight is 425 g/mol. The van der Waals surface area contributed by atoms with E-state index in [9.17, 15) is 0 Å². The van der Waals surface area contributed by atoms with Gasteiger partial charge in [-0.3, -0.25) is 9.80 Å². The van der Waals surface area contributed by atoms with E-state index in [2.05, 4.69) is 72.2 Å². The maximum atomic E-state index is 6.36. The quantitative estimate of drug-likeness (QED) is 0.360. The van der Waals surface area contributed by atoms with Crippen molar-refractivity contribution in [2.75, 3.05) is 16.4 Å². The molecule has 0 amide bonds. The number of rotatable bonds is 6. The molecular weight excluding hydrogens is 396 g/mol. The number of aryl methyl sites for hydroxylation is 2. The first kappa shape index (κ1) is 20.5. The van der Waals surface area contributed by atoms with Crippen LogP contribution in [-0.4, -0.2) is 22.9 Å². The molecule has 0 atom stereocenters. The molecule has 5 rings (SSSR count). The van der Waals surface area contributed by atoms with Crippen molar-refractivity contribution in [3.63, 3.8) is 0 Å². The molecule has 1 aliphatic rings. The summed E-state index contributed by atoms with van der Waals surface area (Å²) in [6.07, 6.45) is 1.57. The first-order valence-electron chi connectivity index (χ1n) is 11.4. The van der Waals surface area contributed by atoms with E-state index in [0.29, 0.717) is 6.61 Å². The third-order valence-corrected chi connectivity index (χ3v) is 5.94. The molecule has 162 valence electrons. The Hall–Kier alpha value is -3.44. The van der Waals surface area contributed by atoms with Crippen molar-refractivity contribution >= 4 is 34.0 Å². The maximum Gasteiger partial charge on any atom is 0.221 e. The summed E-state index contributed by atoms with van der Waals surface area (Å²) in [5, 5.41) is 0. The second-order valence-electron chi connectivity index (χ2n) is 7.93. The summed E-state index contributed by atoms with van der Waals surface area (Å²) in [6, 6.07) is 25.2. The monoisotopic (exact) mass is 424 g/mol. The van der Waals surface area contributed by atoms with Crippen LogP contribution in [0.3, 0.4) is 0 Å². The summed E-state index contributed by atoms with van der Waals surface area (Å²) < 4.78 is 6.36. The Balaban J connectivity index is 1.76. The van der Waals surface area contributed by atoms with Crippen molar-refractivity contribution in [1.82, 2.24) is 9.97 Å². The average Bonchev–Trinajstić information content (AvgIpc) is 3.15. The zero-order valence-electron chi connectivity index (χ0n) is 18.8. The lowest BCUT2D eigenvalue weighted by molar-refractivity contribution is 0.0767. The van der Waals surface area contributed by atoms with E-state index in [-0.39, 0.29) is 6.35 Å². The normalized spacial score (nSPS) is 13.7. The molecule has 5 nitrogen and oxygen atoms in total. The van der Waals surface area contributed by atoms with Crippen LogP contribution in [-0.2, 0) is 17.6 Å². The van der Waals surface area contributed by atoms with Crippen LogP contribution in [0.25, 0.3) is 11.0 Å². The topological polar surface area (TPSA) is 41.5 Å². The predicted molar refractivity (Wildman–Crippen MR) is 131 cm³/mol. The van der Waals surface area contributed by atoms with E-state index in [1.807, 2.05) is 31.2 Å². The van der Waals surface area contributed by atoms with Gasteiger partial charge in [-0.2, -0.15) is 0 Å². The fraction of sp³-hybridized carbons (Fsp3) is 0.259. The van der Waals surface area contributed by atoms with Gasteiger partial charge in [-0.15, -0.1) is 0 Å². The van der Waals surface area contributed by atoms with E-state index in [4.69, 9.17) is 14.7 Å². The Kier molecular flexibility index (Phi) is 5.50. The summed E-state index contributed by atoms with van der Waals surface area (Å²) >= 11 is 0. The fourth-order valence-corrected chi connectivity index (χ4v) is 4.28. The number of hydrogen-bond acceptors (Lipinski definition) is 5. The fourth-order valence-electron chi connectivity index (χ4n) is 4.28. The van der Waals surface area contributed by atoms with Crippen molar-refractivity contribution in [3.05, 3.63) is 83.9 Å². The van der Waals surface area contributed by atoms with Gasteiger partial charge in [0.05, 0.1) is 11.0 Å². The molecule has 32 heavy (non-hydrogen) atoms. The second kappa shape index (κ2) is 8.60. The minimum Gasteiger partial charge on any atom is -0.340 e. The Labute approximate surface area is 189 Å². The van der Waals surface area contributed by atoms with E-state index in [0.717, 1.165) is 46.9 Å². The Morgan fingerprint density at radius 1 is 0.688 bits per heavy atom. The minimum atomic E-state index is -0.369. The Morgan fingerprint density at radius 2 is 1.19 bits per heavy atom. The number of hydrogen-bond donors (Lipinski definition) is 0. The number of anilines is 4. The van der Waals surface area contributed by atoms with Crippen molar-refractivity contribution in [2.45, 2.75) is 40.0 Å². The van der Waals surface area contributed by atoms with Crippen LogP contribution in [0, 0.1) is 0 Å². The molecule has 0 unspecified atom stereocenters. The molecule has 5 heteroatoms. The largest absolute Gasteiger partial charge is 0.340 e. The Morgan fingerprint density at radius 3 is 1.62 bits per heavy atom. The van der Waals surface area contributed by atoms with Crippen LogP contribution in [0.1, 0.15) is 31.9 Å². The molecule has 0 saturated heterocycles. The number of fused-ring (bicyclic) bond motifs is 2. The first-order valence-corrected chi connectivity index (χ1v) is 11.4. The number of aromatic nitrogens is 2. The summed E-state index contributed by atoms with van der Waals surface area (Å²) in [5.74, 6) is 1.63. The van der Waals surface area contributed by atoms with Crippen molar-refractivity contribution in [1.29, 1.82) is 0 Å². The molecule has 0 saturated carbocycles. The van der Waals surface area contributed by atoms with Crippen molar-refractivity contribution in [2.24, 2.45) is 0 Å². The number of ether oxygens (including phenoxy) is 1. The van der Waals surface area contributed by atoms with Crippen LogP contribution in [0.4, 0.5) is 23.0 Å². The number of benzene rings is 3. The highest BCUT2D eigenvalue weighted by molar-refractivity contribution is 5.89. The van der Waals surface area contributed by atoms with Gasteiger partial charge >= 0.3 is 0 Å². The third kappa shape index (κ3) is 3.49. The summed E-state index contributed by atoms with van der Waals surface area (Å²) in [7, 11) is 0. The lowest BCUT2D eigenvalue weighted by atomic mass is 10.1. The van der Waals surface area contributed by atoms with Crippen LogP contribution in [0.15, 0.2) is 72.8 Å². The standard InChI is InChI=1S/C27H28N4O/c1-4-19-11-9-13-21(17-19)30-25-26(29-24-16-8-7-15-23(24)28-25)31(27(30)32-6-3)22-14-10-12-20(5-2)18-22/h7-18,27H,4-6H2,1-3H3. The highest BCUT2D eigenvalue weighted by atomic mass is 16.5. The van der Waals surface area contributed by atoms with Gasteiger partial charge in [0.2, 0.25) is 6.35 Å². The first-order chi connectivity index (χ1) is 15.7. The van der Waals surface area contributed by atoms with Crippen LogP contribution in [0.5, 0.6) is 0 Å². The lowest BCUT2D eigenvalue weighted by Gasteiger charge is -2.31. The smallest absolute Gasteiger partial charge is 0.221 e. The zero-order chi connectivity index (χ0) is 22.1. The van der Waals surface area contributed by atoms with E-state index < -0.39 is 0 Å². The highest BCUT2D eigenvalue weighted by Gasteiger charge is 2.41. The van der Waals surface area contributed by atoms with E-state index >= 15 is 0 Å². The highest BCUT2D eigenvalue weighted by Crippen LogP contribution is 2.46. The number of nitrogens with zero attached hydrogens (tertiary/aromatic N) is 4. The van der Waals surface area contributed by atoms with Gasteiger partial charge in [-0.25, -0.2) is 9.97 Å². The molecule has 0 aliphatic carbocycles. The van der Waals surface area contributed by atoms with Gasteiger partial charge in [0.25, 0.3) is 0 Å². The van der Waals surface area contributed by atoms with Crippen molar-refractivity contribution in [3.8, 4) is 0 Å². The SMILES string of the molecule is CCOC1N(c2cccc(CC)c2)c2nc3ccccc3nc2N1c1cccc(CC)c1. The molecule has 4 aromatic rings. The van der Waals surface area contributed by atoms with Crippen LogP contribution >= 0.6 is 0 Å². The molecule has 0 spiro atoms. The molecular formula is C27H28N4O. The summed E-state index contributed by atoms with van der Waals surface area (Å²) in [4.78, 5) is 14.5. The van der Waals surface area contributed by atoms with Gasteiger partial charge in [-0.05, 0) is 67.3 Å². The molecule has 0 fully saturated rings. The number of para-hydroxylation sites is 2. The van der Waals surface area contributed by atoms with Gasteiger partial charge in [-0.1, -0.05) is 50.2 Å². The zero-order valence-corrected chi connectivity index (χ0v) is 18.8. The van der Waals surface area contributed by atoms with Gasteiger partial charge in [0, 0.05) is 18.0 Å². The molecule has 0 N–H and O–H groups in total. The molecule has 3 aromatic carbocycles. The van der Waals surface area contributed by atoms with Gasteiger partial charge in [0.1, 0.15) is 0 Å². The summed E-state index contributed by atoms with van der Waals surface area (Å²) in [5.41, 5.74) is 6.43. The predicted octanol–water partition coefficient (Wildman–Crippen LogP) is 6.36. The third-order valence-electron chi connectivity index (χ3n) is 5.94. The second-order valence-corrected chi connectivity index (χ2v) is 7.93. The maximum absolute atomic E-state index is 6.36. The Bertz CT molecular complexity index is 1160.